The molecule has 0 aliphatic heterocycles. The molecule has 0 radical (unpaired) electrons. The van der Waals surface area contributed by atoms with E-state index in [4.69, 9.17) is 5.73 Å². The van der Waals surface area contributed by atoms with Gasteiger partial charge in [-0.3, -0.25) is 0 Å². The molecule has 40 valence electrons. The number of nitrogens with two attached hydrogens (primary N) is 1. The van der Waals surface area contributed by atoms with Crippen molar-refractivity contribution in [2.75, 3.05) is 7.05 Å². The Bertz CT molecular complexity index is 87.7. The molecule has 0 aromatic heterocycles. The highest BCUT2D eigenvalue weighted by molar-refractivity contribution is 7.80. The van der Waals surface area contributed by atoms with Gasteiger partial charge in [0.15, 0.2) is 0 Å². The van der Waals surface area contributed by atoms with Gasteiger partial charge in [-0.2, -0.15) is 0 Å². The van der Waals surface area contributed by atoms with E-state index in [1.54, 1.807) is 13.3 Å². The maximum Gasteiger partial charge on any atom is 0.0781 e. The van der Waals surface area contributed by atoms with Crippen molar-refractivity contribution in [3.63, 3.8) is 0 Å². The van der Waals surface area contributed by atoms with Crippen molar-refractivity contribution in [2.45, 2.75) is 6.42 Å². The molecular formula is C4H8N2S. The number of aliphatic imine (C=N–C) groups is 1. The minimum absolute atomic E-state index is 0.491. The van der Waals surface area contributed by atoms with Crippen LogP contribution in [-0.2, 0) is 0 Å². The van der Waals surface area contributed by atoms with E-state index in [1.165, 1.54) is 0 Å². The molecule has 2 N–H and O–H groups in total. The third-order valence-electron chi connectivity index (χ3n) is 0.475. The summed E-state index contributed by atoms with van der Waals surface area (Å²) in [6, 6.07) is 0. The van der Waals surface area contributed by atoms with E-state index in [0.717, 1.165) is 0 Å². The molecule has 0 aliphatic rings. The maximum atomic E-state index is 5.12. The molecule has 0 bridgehead atoms. The number of hydrogen-bond acceptors (Lipinski definition) is 2. The Labute approximate surface area is 48.4 Å². The SMILES string of the molecule is CN=CCC(N)=S. The quantitative estimate of drug-likeness (QED) is 0.418. The van der Waals surface area contributed by atoms with Crippen LogP contribution in [0.15, 0.2) is 4.99 Å². The molecule has 0 saturated heterocycles. The second-order valence-corrected chi connectivity index (χ2v) is 1.64. The summed E-state index contributed by atoms with van der Waals surface area (Å²) >= 11 is 4.55. The minimum atomic E-state index is 0.491. The molecule has 2 nitrogen and oxygen atoms in total. The van der Waals surface area contributed by atoms with Gasteiger partial charge < -0.3 is 10.7 Å². The lowest BCUT2D eigenvalue weighted by molar-refractivity contribution is 1.43. The largest absolute Gasteiger partial charge is 0.393 e. The van der Waals surface area contributed by atoms with Crippen LogP contribution in [0.3, 0.4) is 0 Å². The zero-order chi connectivity index (χ0) is 5.70. The van der Waals surface area contributed by atoms with E-state index in [9.17, 15) is 0 Å². The molecular weight excluding hydrogens is 108 g/mol. The van der Waals surface area contributed by atoms with Crippen LogP contribution < -0.4 is 5.73 Å². The van der Waals surface area contributed by atoms with Crippen LogP contribution in [0.1, 0.15) is 6.42 Å². The number of rotatable bonds is 2. The van der Waals surface area contributed by atoms with Crippen molar-refractivity contribution >= 4 is 23.4 Å². The van der Waals surface area contributed by atoms with Crippen molar-refractivity contribution in [1.82, 2.24) is 0 Å². The predicted octanol–water partition coefficient (Wildman–Crippen LogP) is 0.363. The molecule has 0 spiro atoms. The summed E-state index contributed by atoms with van der Waals surface area (Å²) in [4.78, 5) is 4.17. The van der Waals surface area contributed by atoms with Crippen molar-refractivity contribution in [2.24, 2.45) is 10.7 Å². The Hall–Kier alpha value is -0.440. The van der Waals surface area contributed by atoms with Crippen LogP contribution in [0, 0.1) is 0 Å². The highest BCUT2D eigenvalue weighted by Gasteiger charge is 1.77. The molecule has 0 aromatic carbocycles. The molecule has 0 rings (SSSR count). The lowest BCUT2D eigenvalue weighted by Crippen LogP contribution is -2.07. The lowest BCUT2D eigenvalue weighted by atomic mass is 10.5. The van der Waals surface area contributed by atoms with Gasteiger partial charge in [-0.05, 0) is 0 Å². The van der Waals surface area contributed by atoms with E-state index >= 15 is 0 Å². The van der Waals surface area contributed by atoms with Crippen LogP contribution >= 0.6 is 12.2 Å². The van der Waals surface area contributed by atoms with Gasteiger partial charge in [0, 0.05) is 19.7 Å². The first-order valence-corrected chi connectivity index (χ1v) is 2.37. The average Bonchev–Trinajstić information content (AvgIpc) is 1.61. The maximum absolute atomic E-state index is 5.12. The van der Waals surface area contributed by atoms with Gasteiger partial charge in [0.1, 0.15) is 0 Å². The second-order valence-electron chi connectivity index (χ2n) is 1.11. The lowest BCUT2D eigenvalue weighted by Gasteiger charge is -1.82. The fourth-order valence-electron chi connectivity index (χ4n) is 0.181. The third-order valence-corrected chi connectivity index (χ3v) is 0.642. The second kappa shape index (κ2) is 3.74. The zero-order valence-corrected chi connectivity index (χ0v) is 5.03. The predicted molar refractivity (Wildman–Crippen MR) is 35.8 cm³/mol. The molecule has 0 aromatic rings. The smallest absolute Gasteiger partial charge is 0.0781 e. The van der Waals surface area contributed by atoms with Crippen LogP contribution in [0.25, 0.3) is 0 Å². The van der Waals surface area contributed by atoms with Gasteiger partial charge in [0.05, 0.1) is 4.99 Å². The summed E-state index contributed by atoms with van der Waals surface area (Å²) in [6.07, 6.45) is 2.30. The minimum Gasteiger partial charge on any atom is -0.393 e. The molecule has 0 unspecified atom stereocenters. The van der Waals surface area contributed by atoms with Crippen molar-refractivity contribution in [3.8, 4) is 0 Å². The number of hydrogen-bond donors (Lipinski definition) is 1. The summed E-state index contributed by atoms with van der Waals surface area (Å²) in [5.74, 6) is 0. The highest BCUT2D eigenvalue weighted by atomic mass is 32.1. The molecule has 0 fully saturated rings. The summed E-state index contributed by atoms with van der Waals surface area (Å²) in [6.45, 7) is 0. The van der Waals surface area contributed by atoms with Crippen molar-refractivity contribution in [3.05, 3.63) is 0 Å². The molecule has 0 atom stereocenters. The fraction of sp³-hybridized carbons (Fsp3) is 0.500. The van der Waals surface area contributed by atoms with Crippen molar-refractivity contribution in [1.29, 1.82) is 0 Å². The van der Waals surface area contributed by atoms with Gasteiger partial charge in [-0.1, -0.05) is 12.2 Å². The Balaban J connectivity index is 3.14. The Morgan fingerprint density at radius 3 is 2.71 bits per heavy atom. The summed E-state index contributed by atoms with van der Waals surface area (Å²) in [7, 11) is 1.69. The number of nitrogens with zero attached hydrogens (tertiary/aromatic N) is 1. The average molecular weight is 116 g/mol. The number of thiocarbonyl (C=S) groups is 1. The Morgan fingerprint density at radius 1 is 2.00 bits per heavy atom. The van der Waals surface area contributed by atoms with E-state index in [2.05, 4.69) is 17.2 Å². The first-order chi connectivity index (χ1) is 3.27. The molecule has 0 aliphatic carbocycles. The Morgan fingerprint density at radius 2 is 2.57 bits per heavy atom. The van der Waals surface area contributed by atoms with Crippen LogP contribution in [-0.4, -0.2) is 18.3 Å². The van der Waals surface area contributed by atoms with E-state index in [-0.39, 0.29) is 0 Å². The molecule has 0 saturated carbocycles. The zero-order valence-electron chi connectivity index (χ0n) is 4.22. The van der Waals surface area contributed by atoms with E-state index in [1.807, 2.05) is 0 Å². The fourth-order valence-corrected chi connectivity index (χ4v) is 0.256. The summed E-state index contributed by atoms with van der Waals surface area (Å²) in [5, 5.41) is 0. The monoisotopic (exact) mass is 116 g/mol. The molecule has 3 heteroatoms. The molecule has 0 amide bonds. The standard InChI is InChI=1S/C4H8N2S/c1-6-3-2-4(5)7/h3H,2H2,1H3,(H2,5,7). The van der Waals surface area contributed by atoms with E-state index < -0.39 is 0 Å². The van der Waals surface area contributed by atoms with Crippen LogP contribution in [0.4, 0.5) is 0 Å². The normalized spacial score (nSPS) is 9.86. The van der Waals surface area contributed by atoms with Gasteiger partial charge >= 0.3 is 0 Å². The first kappa shape index (κ1) is 6.56. The van der Waals surface area contributed by atoms with Gasteiger partial charge in [-0.25, -0.2) is 0 Å². The molecule has 7 heavy (non-hydrogen) atoms. The van der Waals surface area contributed by atoms with Gasteiger partial charge in [0.2, 0.25) is 0 Å². The highest BCUT2D eigenvalue weighted by Crippen LogP contribution is 1.70. The summed E-state index contributed by atoms with van der Waals surface area (Å²) in [5.41, 5.74) is 5.12. The van der Waals surface area contributed by atoms with Gasteiger partial charge in [0.25, 0.3) is 0 Å². The van der Waals surface area contributed by atoms with Crippen LogP contribution in [0.5, 0.6) is 0 Å². The van der Waals surface area contributed by atoms with Crippen LogP contribution in [0.2, 0.25) is 0 Å². The Kier molecular flexibility index (Phi) is 3.50. The topological polar surface area (TPSA) is 38.4 Å². The summed E-state index contributed by atoms with van der Waals surface area (Å²) < 4.78 is 0. The third kappa shape index (κ3) is 5.56. The molecule has 0 heterocycles. The van der Waals surface area contributed by atoms with Gasteiger partial charge in [-0.15, -0.1) is 0 Å². The van der Waals surface area contributed by atoms with Crippen molar-refractivity contribution < 1.29 is 0 Å². The van der Waals surface area contributed by atoms with E-state index in [0.29, 0.717) is 11.4 Å². The first-order valence-electron chi connectivity index (χ1n) is 1.96.